The Labute approximate surface area is 172 Å². The quantitative estimate of drug-likeness (QED) is 0.753. The predicted molar refractivity (Wildman–Crippen MR) is 111 cm³/mol. The van der Waals surface area contributed by atoms with Crippen molar-refractivity contribution in [2.75, 3.05) is 52.4 Å². The van der Waals surface area contributed by atoms with Gasteiger partial charge in [0.05, 0.1) is 12.5 Å². The van der Waals surface area contributed by atoms with Gasteiger partial charge in [-0.05, 0) is 43.6 Å². The number of likely N-dealkylation sites (tertiary alicyclic amines) is 1. The molecule has 0 aromatic heterocycles. The van der Waals surface area contributed by atoms with Crippen molar-refractivity contribution in [1.29, 1.82) is 0 Å². The summed E-state index contributed by atoms with van der Waals surface area (Å²) < 4.78 is 0. The molecule has 0 saturated carbocycles. The molecule has 2 heterocycles. The lowest BCUT2D eigenvalue weighted by Gasteiger charge is -2.36. The average Bonchev–Trinajstić information content (AvgIpc) is 3.20. The van der Waals surface area contributed by atoms with Crippen molar-refractivity contribution in [3.63, 3.8) is 0 Å². The molecule has 3 rings (SSSR count). The van der Waals surface area contributed by atoms with Gasteiger partial charge < -0.3 is 15.1 Å². The molecule has 7 heteroatoms. The Hall–Kier alpha value is -1.63. The summed E-state index contributed by atoms with van der Waals surface area (Å²) in [5.74, 6) is -0.0487. The summed E-state index contributed by atoms with van der Waals surface area (Å²) >= 11 is 5.96. The summed E-state index contributed by atoms with van der Waals surface area (Å²) in [6, 6.07) is 6.99. The normalized spacial score (nSPS) is 19.6. The van der Waals surface area contributed by atoms with Gasteiger partial charge in [0.2, 0.25) is 11.8 Å². The molecule has 154 valence electrons. The zero-order valence-electron chi connectivity index (χ0n) is 16.7. The lowest BCUT2D eigenvalue weighted by atomic mass is 10.0. The third-order valence-electron chi connectivity index (χ3n) is 5.68. The molecule has 2 aliphatic heterocycles. The van der Waals surface area contributed by atoms with Crippen LogP contribution in [0.1, 0.15) is 37.8 Å². The van der Waals surface area contributed by atoms with Gasteiger partial charge in [-0.3, -0.25) is 14.5 Å². The largest absolute Gasteiger partial charge is 0.349 e. The lowest BCUT2D eigenvalue weighted by molar-refractivity contribution is -0.133. The highest BCUT2D eigenvalue weighted by atomic mass is 35.5. The smallest absolute Gasteiger partial charge is 0.225 e. The van der Waals surface area contributed by atoms with E-state index in [1.54, 1.807) is 12.1 Å². The Morgan fingerprint density at radius 2 is 1.54 bits per heavy atom. The molecule has 0 bridgehead atoms. The van der Waals surface area contributed by atoms with Gasteiger partial charge in [-0.1, -0.05) is 23.7 Å². The van der Waals surface area contributed by atoms with Crippen molar-refractivity contribution in [1.82, 2.24) is 20.0 Å². The summed E-state index contributed by atoms with van der Waals surface area (Å²) in [7, 11) is 0. The van der Waals surface area contributed by atoms with Crippen LogP contribution in [0.3, 0.4) is 0 Å². The topological polar surface area (TPSA) is 55.9 Å². The molecule has 1 N–H and O–H groups in total. The lowest BCUT2D eigenvalue weighted by Crippen LogP contribution is -2.50. The van der Waals surface area contributed by atoms with Gasteiger partial charge in [0.25, 0.3) is 0 Å². The number of hydrogen-bond acceptors (Lipinski definition) is 4. The maximum absolute atomic E-state index is 12.8. The predicted octanol–water partition coefficient (Wildman–Crippen LogP) is 2.15. The van der Waals surface area contributed by atoms with E-state index in [1.807, 2.05) is 17.0 Å². The van der Waals surface area contributed by atoms with Crippen LogP contribution in [-0.4, -0.2) is 78.9 Å². The Bertz CT molecular complexity index is 653. The van der Waals surface area contributed by atoms with Crippen LogP contribution in [0.2, 0.25) is 5.02 Å². The van der Waals surface area contributed by atoms with Gasteiger partial charge in [-0.2, -0.15) is 0 Å². The number of nitrogens with zero attached hydrogens (tertiary/aromatic N) is 3. The third-order valence-corrected chi connectivity index (χ3v) is 5.94. The molecule has 2 amide bonds. The monoisotopic (exact) mass is 406 g/mol. The van der Waals surface area contributed by atoms with Crippen molar-refractivity contribution >= 4 is 23.4 Å². The van der Waals surface area contributed by atoms with Crippen molar-refractivity contribution in [3.05, 3.63) is 34.9 Å². The summed E-state index contributed by atoms with van der Waals surface area (Å²) in [5.41, 5.74) is 0.900. The van der Waals surface area contributed by atoms with E-state index in [9.17, 15) is 9.59 Å². The van der Waals surface area contributed by atoms with Gasteiger partial charge in [-0.15, -0.1) is 0 Å². The summed E-state index contributed by atoms with van der Waals surface area (Å²) in [6.45, 7) is 9.51. The van der Waals surface area contributed by atoms with E-state index < -0.39 is 0 Å². The van der Waals surface area contributed by atoms with Crippen LogP contribution >= 0.6 is 11.6 Å². The average molecular weight is 407 g/mol. The maximum Gasteiger partial charge on any atom is 0.225 e. The molecule has 0 radical (unpaired) electrons. The fourth-order valence-corrected chi connectivity index (χ4v) is 4.13. The van der Waals surface area contributed by atoms with Crippen LogP contribution in [-0.2, 0) is 9.59 Å². The Morgan fingerprint density at radius 1 is 0.964 bits per heavy atom. The fourth-order valence-electron chi connectivity index (χ4n) is 4.01. The molecule has 28 heavy (non-hydrogen) atoms. The second kappa shape index (κ2) is 10.2. The molecule has 0 spiro atoms. The molecule has 1 unspecified atom stereocenters. The molecule has 2 fully saturated rings. The summed E-state index contributed by atoms with van der Waals surface area (Å²) in [6.07, 6.45) is 2.92. The van der Waals surface area contributed by atoms with E-state index in [0.717, 1.165) is 44.8 Å². The highest BCUT2D eigenvalue weighted by Crippen LogP contribution is 2.21. The molecule has 2 saturated heterocycles. The van der Waals surface area contributed by atoms with E-state index in [4.69, 9.17) is 11.6 Å². The van der Waals surface area contributed by atoms with Gasteiger partial charge in [0.15, 0.2) is 0 Å². The van der Waals surface area contributed by atoms with E-state index in [-0.39, 0.29) is 24.3 Å². The third kappa shape index (κ3) is 6.19. The molecule has 0 aliphatic carbocycles. The van der Waals surface area contributed by atoms with Crippen LogP contribution in [0.4, 0.5) is 0 Å². The second-order valence-corrected chi connectivity index (χ2v) is 8.22. The van der Waals surface area contributed by atoms with Crippen molar-refractivity contribution in [2.24, 2.45) is 0 Å². The Kier molecular flexibility index (Phi) is 7.71. The van der Waals surface area contributed by atoms with E-state index in [0.29, 0.717) is 5.02 Å². The van der Waals surface area contributed by atoms with E-state index in [1.165, 1.54) is 32.9 Å². The number of halogens is 1. The first-order valence-corrected chi connectivity index (χ1v) is 10.6. The van der Waals surface area contributed by atoms with Crippen LogP contribution in [0.5, 0.6) is 0 Å². The molecule has 2 aliphatic rings. The minimum atomic E-state index is -0.324. The molecule has 6 nitrogen and oxygen atoms in total. The SMILES string of the molecule is CC(=O)NC(CC(=O)N1CCN(CCN2CCCC2)CC1)c1ccc(Cl)cc1. The first-order chi connectivity index (χ1) is 13.5. The van der Waals surface area contributed by atoms with Crippen molar-refractivity contribution in [2.45, 2.75) is 32.2 Å². The van der Waals surface area contributed by atoms with Crippen molar-refractivity contribution < 1.29 is 9.59 Å². The van der Waals surface area contributed by atoms with Crippen LogP contribution < -0.4 is 5.32 Å². The number of rotatable bonds is 7. The number of piperazine rings is 1. The van der Waals surface area contributed by atoms with Gasteiger partial charge in [-0.25, -0.2) is 0 Å². The zero-order chi connectivity index (χ0) is 19.9. The fraction of sp³-hybridized carbons (Fsp3) is 0.619. The van der Waals surface area contributed by atoms with Crippen LogP contribution in [0.25, 0.3) is 0 Å². The number of amides is 2. The van der Waals surface area contributed by atoms with Crippen LogP contribution in [0.15, 0.2) is 24.3 Å². The highest BCUT2D eigenvalue weighted by Gasteiger charge is 2.25. The van der Waals surface area contributed by atoms with Gasteiger partial charge in [0.1, 0.15) is 0 Å². The summed E-state index contributed by atoms with van der Waals surface area (Å²) in [4.78, 5) is 31.3. The maximum atomic E-state index is 12.8. The van der Waals surface area contributed by atoms with E-state index >= 15 is 0 Å². The molecule has 1 aromatic rings. The van der Waals surface area contributed by atoms with Crippen molar-refractivity contribution in [3.8, 4) is 0 Å². The minimum Gasteiger partial charge on any atom is -0.349 e. The number of hydrogen-bond donors (Lipinski definition) is 1. The Balaban J connectivity index is 1.48. The second-order valence-electron chi connectivity index (χ2n) is 7.78. The number of carbonyl (C=O) groups excluding carboxylic acids is 2. The molecular formula is C21H31ClN4O2. The minimum absolute atomic E-state index is 0.0906. The first kappa shape index (κ1) is 21.1. The van der Waals surface area contributed by atoms with Crippen LogP contribution in [0, 0.1) is 0 Å². The van der Waals surface area contributed by atoms with Gasteiger partial charge in [0, 0.05) is 51.2 Å². The highest BCUT2D eigenvalue weighted by molar-refractivity contribution is 6.30. The molecule has 1 atom stereocenters. The zero-order valence-corrected chi connectivity index (χ0v) is 17.5. The first-order valence-electron chi connectivity index (χ1n) is 10.3. The molecule has 1 aromatic carbocycles. The van der Waals surface area contributed by atoms with Gasteiger partial charge >= 0.3 is 0 Å². The standard InChI is InChI=1S/C21H31ClN4O2/c1-17(27)23-20(18-4-6-19(22)7-5-18)16-21(28)26-14-12-25(13-15-26)11-10-24-8-2-3-9-24/h4-7,20H,2-3,8-16H2,1H3,(H,23,27). The summed E-state index contributed by atoms with van der Waals surface area (Å²) in [5, 5.41) is 3.54. The molecular weight excluding hydrogens is 376 g/mol. The van der Waals surface area contributed by atoms with E-state index in [2.05, 4.69) is 15.1 Å². The number of nitrogens with one attached hydrogen (secondary N) is 1. The number of benzene rings is 1. The Morgan fingerprint density at radius 3 is 2.11 bits per heavy atom. The number of carbonyl (C=O) groups is 2.